The molecular weight excluding hydrogens is 238 g/mol. The summed E-state index contributed by atoms with van der Waals surface area (Å²) in [6.45, 7) is 1.72. The summed E-state index contributed by atoms with van der Waals surface area (Å²) in [4.78, 5) is 12.1. The number of ketones is 1. The van der Waals surface area contributed by atoms with Gasteiger partial charge in [0, 0.05) is 5.56 Å². The molecule has 0 fully saturated rings. The normalized spacial score (nSPS) is 11.4. The maximum absolute atomic E-state index is 12.1. The van der Waals surface area contributed by atoms with Gasteiger partial charge < -0.3 is 4.74 Å². The lowest BCUT2D eigenvalue weighted by atomic mass is 10.1. The number of ether oxygens (including phenoxy) is 1. The minimum absolute atomic E-state index is 0.0649. The van der Waals surface area contributed by atoms with E-state index < -0.39 is 6.10 Å². The van der Waals surface area contributed by atoms with Gasteiger partial charge in [-0.2, -0.15) is 5.26 Å². The lowest BCUT2D eigenvalue weighted by Gasteiger charge is -2.13. The van der Waals surface area contributed by atoms with Crippen LogP contribution in [0.2, 0.25) is 0 Å². The topological polar surface area (TPSA) is 50.1 Å². The number of carbonyl (C=O) groups excluding carboxylic acids is 1. The van der Waals surface area contributed by atoms with Crippen molar-refractivity contribution in [2.45, 2.75) is 13.0 Å². The largest absolute Gasteiger partial charge is 0.483 e. The number of nitrogens with zero attached hydrogens (tertiary/aromatic N) is 1. The Balaban J connectivity index is 2.06. The Morgan fingerprint density at radius 3 is 2.32 bits per heavy atom. The van der Waals surface area contributed by atoms with E-state index >= 15 is 0 Å². The van der Waals surface area contributed by atoms with Gasteiger partial charge in [0.2, 0.25) is 5.78 Å². The highest BCUT2D eigenvalue weighted by molar-refractivity contribution is 5.99. The van der Waals surface area contributed by atoms with Crippen LogP contribution in [0.1, 0.15) is 22.8 Å². The van der Waals surface area contributed by atoms with Crippen molar-refractivity contribution in [2.24, 2.45) is 0 Å². The Morgan fingerprint density at radius 2 is 1.74 bits per heavy atom. The Bertz CT molecular complexity index is 597. The van der Waals surface area contributed by atoms with Crippen LogP contribution in [0.3, 0.4) is 0 Å². The minimum Gasteiger partial charge on any atom is -0.483 e. The third kappa shape index (κ3) is 3.20. The Kier molecular flexibility index (Phi) is 3.94. The van der Waals surface area contributed by atoms with Crippen molar-refractivity contribution in [3.8, 4) is 11.8 Å². The van der Waals surface area contributed by atoms with E-state index in [0.29, 0.717) is 16.9 Å². The lowest BCUT2D eigenvalue weighted by molar-refractivity contribution is 0.0818. The molecule has 0 aliphatic rings. The van der Waals surface area contributed by atoms with Crippen LogP contribution in [0.4, 0.5) is 0 Å². The molecule has 2 aromatic rings. The van der Waals surface area contributed by atoms with E-state index in [2.05, 4.69) is 0 Å². The highest BCUT2D eigenvalue weighted by Gasteiger charge is 2.16. The van der Waals surface area contributed by atoms with E-state index in [4.69, 9.17) is 10.00 Å². The quantitative estimate of drug-likeness (QED) is 0.784. The summed E-state index contributed by atoms with van der Waals surface area (Å²) in [6.07, 6.45) is -0.560. The summed E-state index contributed by atoms with van der Waals surface area (Å²) in [6, 6.07) is 17.8. The zero-order valence-electron chi connectivity index (χ0n) is 10.5. The average molecular weight is 251 g/mol. The molecule has 0 bridgehead atoms. The zero-order valence-corrected chi connectivity index (χ0v) is 10.5. The molecule has 0 radical (unpaired) electrons. The van der Waals surface area contributed by atoms with Crippen molar-refractivity contribution < 1.29 is 9.53 Å². The molecule has 0 unspecified atom stereocenters. The number of nitriles is 1. The van der Waals surface area contributed by atoms with Crippen molar-refractivity contribution in [3.63, 3.8) is 0 Å². The summed E-state index contributed by atoms with van der Waals surface area (Å²) in [5.74, 6) is 0.515. The van der Waals surface area contributed by atoms with Gasteiger partial charge in [0.25, 0.3) is 0 Å². The van der Waals surface area contributed by atoms with E-state index in [1.165, 1.54) is 0 Å². The summed E-state index contributed by atoms with van der Waals surface area (Å²) in [7, 11) is 0. The predicted octanol–water partition coefficient (Wildman–Crippen LogP) is 3.21. The van der Waals surface area contributed by atoms with Crippen LogP contribution in [0.5, 0.6) is 5.75 Å². The smallest absolute Gasteiger partial charge is 0.202 e. The first-order valence-corrected chi connectivity index (χ1v) is 5.97. The Labute approximate surface area is 112 Å². The van der Waals surface area contributed by atoms with Crippen molar-refractivity contribution >= 4 is 5.78 Å². The van der Waals surface area contributed by atoms with Crippen LogP contribution in [-0.4, -0.2) is 11.9 Å². The van der Waals surface area contributed by atoms with Crippen LogP contribution in [-0.2, 0) is 0 Å². The van der Waals surface area contributed by atoms with E-state index in [1.807, 2.05) is 24.3 Å². The molecule has 1 atom stereocenters. The first-order chi connectivity index (χ1) is 9.20. The fraction of sp³-hybridized carbons (Fsp3) is 0.125. The molecule has 0 spiro atoms. The standard InChI is InChI=1S/C16H13NO2/c1-12(16(18)14-5-3-2-4-6-14)19-15-9-7-13(11-17)8-10-15/h2-10,12H,1H3/t12-/m1/s1. The second kappa shape index (κ2) is 5.83. The number of hydrogen-bond donors (Lipinski definition) is 0. The van der Waals surface area contributed by atoms with E-state index in [1.54, 1.807) is 43.3 Å². The van der Waals surface area contributed by atoms with Gasteiger partial charge in [0.05, 0.1) is 11.6 Å². The van der Waals surface area contributed by atoms with Crippen LogP contribution >= 0.6 is 0 Å². The number of hydrogen-bond acceptors (Lipinski definition) is 3. The first-order valence-electron chi connectivity index (χ1n) is 5.97. The molecular formula is C16H13NO2. The Hall–Kier alpha value is -2.60. The fourth-order valence-electron chi connectivity index (χ4n) is 1.70. The van der Waals surface area contributed by atoms with E-state index in [0.717, 1.165) is 0 Å². The summed E-state index contributed by atoms with van der Waals surface area (Å²) >= 11 is 0. The zero-order chi connectivity index (χ0) is 13.7. The molecule has 94 valence electrons. The average Bonchev–Trinajstić information content (AvgIpc) is 2.48. The van der Waals surface area contributed by atoms with Crippen LogP contribution in [0.25, 0.3) is 0 Å². The van der Waals surface area contributed by atoms with Crippen LogP contribution in [0, 0.1) is 11.3 Å². The van der Waals surface area contributed by atoms with Gasteiger partial charge in [-0.3, -0.25) is 4.79 Å². The lowest BCUT2D eigenvalue weighted by Crippen LogP contribution is -2.23. The number of benzene rings is 2. The summed E-state index contributed by atoms with van der Waals surface area (Å²) in [5, 5.41) is 8.70. The summed E-state index contributed by atoms with van der Waals surface area (Å²) < 4.78 is 5.57. The maximum Gasteiger partial charge on any atom is 0.202 e. The molecule has 0 aliphatic heterocycles. The molecule has 0 aliphatic carbocycles. The highest BCUT2D eigenvalue weighted by atomic mass is 16.5. The van der Waals surface area contributed by atoms with Gasteiger partial charge in [0.15, 0.2) is 6.10 Å². The van der Waals surface area contributed by atoms with Crippen LogP contribution < -0.4 is 4.74 Å². The SMILES string of the molecule is C[C@@H](Oc1ccc(C#N)cc1)C(=O)c1ccccc1. The molecule has 0 saturated heterocycles. The molecule has 0 aromatic heterocycles. The molecule has 2 rings (SSSR count). The first kappa shape index (κ1) is 12.8. The molecule has 0 saturated carbocycles. The van der Waals surface area contributed by atoms with Gasteiger partial charge in [-0.05, 0) is 31.2 Å². The van der Waals surface area contributed by atoms with Crippen molar-refractivity contribution in [1.29, 1.82) is 5.26 Å². The molecule has 19 heavy (non-hydrogen) atoms. The minimum atomic E-state index is -0.560. The second-order valence-corrected chi connectivity index (χ2v) is 4.13. The van der Waals surface area contributed by atoms with Gasteiger partial charge in [-0.1, -0.05) is 30.3 Å². The van der Waals surface area contributed by atoms with Gasteiger partial charge >= 0.3 is 0 Å². The predicted molar refractivity (Wildman–Crippen MR) is 72.0 cm³/mol. The highest BCUT2D eigenvalue weighted by Crippen LogP contribution is 2.15. The number of Topliss-reactive ketones (excluding diaryl/α,β-unsaturated/α-hetero) is 1. The molecule has 0 amide bonds. The maximum atomic E-state index is 12.1. The van der Waals surface area contributed by atoms with Gasteiger partial charge in [-0.25, -0.2) is 0 Å². The molecule has 3 heteroatoms. The van der Waals surface area contributed by atoms with Crippen molar-refractivity contribution in [3.05, 3.63) is 65.7 Å². The van der Waals surface area contributed by atoms with Crippen molar-refractivity contribution in [2.75, 3.05) is 0 Å². The number of carbonyl (C=O) groups is 1. The molecule has 0 heterocycles. The Morgan fingerprint density at radius 1 is 1.11 bits per heavy atom. The molecule has 0 N–H and O–H groups in total. The molecule has 2 aromatic carbocycles. The van der Waals surface area contributed by atoms with Gasteiger partial charge in [0.1, 0.15) is 5.75 Å². The van der Waals surface area contributed by atoms with Gasteiger partial charge in [-0.15, -0.1) is 0 Å². The second-order valence-electron chi connectivity index (χ2n) is 4.13. The van der Waals surface area contributed by atoms with Crippen LogP contribution in [0.15, 0.2) is 54.6 Å². The number of rotatable bonds is 4. The third-order valence-electron chi connectivity index (χ3n) is 2.72. The summed E-state index contributed by atoms with van der Waals surface area (Å²) in [5.41, 5.74) is 1.19. The van der Waals surface area contributed by atoms with Crippen molar-refractivity contribution in [1.82, 2.24) is 0 Å². The monoisotopic (exact) mass is 251 g/mol. The third-order valence-corrected chi connectivity index (χ3v) is 2.72. The van der Waals surface area contributed by atoms with E-state index in [9.17, 15) is 4.79 Å². The van der Waals surface area contributed by atoms with E-state index in [-0.39, 0.29) is 5.78 Å². The fourth-order valence-corrected chi connectivity index (χ4v) is 1.70. The molecule has 3 nitrogen and oxygen atoms in total.